The Morgan fingerprint density at radius 1 is 0.384 bits per heavy atom. The Morgan fingerprint density at radius 3 is 0.964 bits per heavy atom. The largest absolute Gasteiger partial charge is 0.393 e. The Bertz CT molecular complexity index is 2710. The van der Waals surface area contributed by atoms with Crippen molar-refractivity contribution in [1.29, 1.82) is 0 Å². The lowest BCUT2D eigenvalue weighted by Gasteiger charge is -2.25. The molecule has 0 aliphatic carbocycles. The zero-order valence-electron chi connectivity index (χ0n) is 78.0. The number of nitrogens with one attached hydrogen (secondary N) is 1. The highest BCUT2D eigenvalue weighted by Gasteiger charge is 2.45. The molecule has 2 saturated heterocycles. The molecule has 5 amide bonds. The minimum atomic E-state index is -0.296. The Morgan fingerprint density at radius 2 is 0.705 bits per heavy atom. The van der Waals surface area contributed by atoms with E-state index in [4.69, 9.17) is 0 Å². The second-order valence-corrected chi connectivity index (χ2v) is 39.7. The molecule has 0 spiro atoms. The van der Waals surface area contributed by atoms with Crippen LogP contribution in [0.25, 0.3) is 0 Å². The minimum Gasteiger partial charge on any atom is -0.393 e. The molecule has 0 aromatic heterocycles. The van der Waals surface area contributed by atoms with Gasteiger partial charge in [0.1, 0.15) is 52.0 Å². The number of aliphatic hydroxyl groups is 1. The molecule has 3 unspecified atom stereocenters. The summed E-state index contributed by atoms with van der Waals surface area (Å²) in [5.74, 6) is 1.13. The van der Waals surface area contributed by atoms with Crippen LogP contribution in [0.4, 0.5) is 0 Å². The number of carbonyl (C=O) groups is 14. The van der Waals surface area contributed by atoms with Crippen LogP contribution >= 0.6 is 0 Å². The number of likely N-dealkylation sites (tertiary alicyclic amines) is 2. The number of carbonyl (C=O) groups excluding carboxylic acids is 14. The second kappa shape index (κ2) is 62.0. The molecule has 18 heteroatoms. The van der Waals surface area contributed by atoms with E-state index >= 15 is 0 Å². The van der Waals surface area contributed by atoms with Gasteiger partial charge in [-0.15, -0.1) is 0 Å². The summed E-state index contributed by atoms with van der Waals surface area (Å²) >= 11 is 0. The van der Waals surface area contributed by atoms with Crippen molar-refractivity contribution in [3.05, 3.63) is 0 Å². The Labute approximate surface area is 689 Å². The van der Waals surface area contributed by atoms with Crippen LogP contribution in [0.3, 0.4) is 0 Å². The third-order valence-corrected chi connectivity index (χ3v) is 18.4. The van der Waals surface area contributed by atoms with Crippen LogP contribution < -0.4 is 5.32 Å². The molecule has 2 aliphatic heterocycles. The fourth-order valence-corrected chi connectivity index (χ4v) is 9.67. The van der Waals surface area contributed by atoms with Gasteiger partial charge in [-0.3, -0.25) is 67.3 Å². The molecule has 18 nitrogen and oxygen atoms in total. The maximum Gasteiger partial charge on any atom is 0.233 e. The van der Waals surface area contributed by atoms with E-state index in [1.54, 1.807) is 13.8 Å². The number of hydrogen-bond acceptors (Lipinski definition) is 15. The summed E-state index contributed by atoms with van der Waals surface area (Å²) in [5, 5.41) is 12.3. The number of Topliss-reactive ketones (excluding diaryl/α,β-unsaturated/α-hetero) is 9. The third kappa shape index (κ3) is 71.3. The highest BCUT2D eigenvalue weighted by molar-refractivity contribution is 6.05. The molecule has 2 fully saturated rings. The molecule has 0 aromatic rings. The molecule has 2 aliphatic rings. The first kappa shape index (κ1) is 125. The van der Waals surface area contributed by atoms with Gasteiger partial charge in [-0.05, 0) is 81.0 Å². The van der Waals surface area contributed by atoms with Gasteiger partial charge in [0, 0.05) is 130 Å². The summed E-state index contributed by atoms with van der Waals surface area (Å²) in [7, 11) is 0. The number of unbranched alkanes of at least 4 members (excludes halogenated alkanes) is 7. The fraction of sp³-hybridized carbons (Fsp3) is 0.851. The van der Waals surface area contributed by atoms with Gasteiger partial charge >= 0.3 is 0 Å². The van der Waals surface area contributed by atoms with Crippen LogP contribution in [0.15, 0.2) is 0 Å². The van der Waals surface area contributed by atoms with Crippen molar-refractivity contribution in [3.63, 3.8) is 0 Å². The Hall–Kier alpha value is -5.26. The van der Waals surface area contributed by atoms with Gasteiger partial charge in [0.15, 0.2) is 0 Å². The summed E-state index contributed by atoms with van der Waals surface area (Å²) in [4.78, 5) is 162. The summed E-state index contributed by atoms with van der Waals surface area (Å²) in [6.07, 6.45) is 20.6. The predicted molar refractivity (Wildman–Crippen MR) is 469 cm³/mol. The van der Waals surface area contributed by atoms with Crippen molar-refractivity contribution < 1.29 is 72.2 Å². The maximum atomic E-state index is 12.2. The Balaban J connectivity index is -0.000000155. The molecule has 2 N–H and O–H groups in total. The van der Waals surface area contributed by atoms with Gasteiger partial charge in [-0.2, -0.15) is 0 Å². The van der Waals surface area contributed by atoms with Gasteiger partial charge in [0.2, 0.25) is 29.5 Å². The molecule has 0 aromatic carbocycles. The van der Waals surface area contributed by atoms with Crippen molar-refractivity contribution in [1.82, 2.24) is 15.1 Å². The average Bonchev–Trinajstić information content (AvgIpc) is 1.66. The molecule has 662 valence electrons. The van der Waals surface area contributed by atoms with Crippen molar-refractivity contribution in [3.8, 4) is 0 Å². The zero-order valence-corrected chi connectivity index (χ0v) is 78.0. The first-order valence-corrected chi connectivity index (χ1v) is 41.9. The van der Waals surface area contributed by atoms with Crippen LogP contribution in [0, 0.1) is 60.6 Å². The summed E-state index contributed by atoms with van der Waals surface area (Å²) in [5.41, 5.74) is -1.18. The number of amides is 5. The number of nitrogens with zero attached hydrogens (tertiary/aromatic N) is 2. The second-order valence-electron chi connectivity index (χ2n) is 39.7. The van der Waals surface area contributed by atoms with Crippen molar-refractivity contribution in [2.75, 3.05) is 19.6 Å². The van der Waals surface area contributed by atoms with Crippen LogP contribution in [0.5, 0.6) is 0 Å². The summed E-state index contributed by atoms with van der Waals surface area (Å²) in [6, 6.07) is 0. The van der Waals surface area contributed by atoms with E-state index in [2.05, 4.69) is 74.6 Å². The van der Waals surface area contributed by atoms with E-state index in [-0.39, 0.29) is 177 Å². The summed E-state index contributed by atoms with van der Waals surface area (Å²) < 4.78 is 0. The first-order valence-electron chi connectivity index (χ1n) is 41.9. The zero-order chi connectivity index (χ0) is 88.4. The number of imide groups is 2. The molecule has 0 bridgehead atoms. The van der Waals surface area contributed by atoms with E-state index in [1.807, 2.05) is 159 Å². The van der Waals surface area contributed by atoms with Gasteiger partial charge in [-0.1, -0.05) is 295 Å². The van der Waals surface area contributed by atoms with Crippen LogP contribution in [-0.2, 0) is 67.1 Å². The number of ketones is 9. The number of rotatable bonds is 32. The number of aliphatic hydroxyl groups excluding tert-OH is 1. The highest BCUT2D eigenvalue weighted by Crippen LogP contribution is 2.37. The molecule has 2 heterocycles. The van der Waals surface area contributed by atoms with Crippen LogP contribution in [-0.4, -0.2) is 122 Å². The normalized spacial score (nSPS) is 14.5. The molecular formula is C94H181N3O15. The first-order chi connectivity index (χ1) is 49.6. The molecular weight excluding hydrogens is 1410 g/mol. The third-order valence-electron chi connectivity index (χ3n) is 18.4. The molecule has 0 radical (unpaired) electrons. The van der Waals surface area contributed by atoms with Gasteiger partial charge in [-0.25, -0.2) is 0 Å². The van der Waals surface area contributed by atoms with E-state index < -0.39 is 0 Å². The molecule has 3 atom stereocenters. The minimum absolute atomic E-state index is 0. The topological polar surface area (TPSA) is 278 Å². The fourth-order valence-electron chi connectivity index (χ4n) is 9.67. The highest BCUT2D eigenvalue weighted by atomic mass is 16.3. The molecule has 2 rings (SSSR count). The van der Waals surface area contributed by atoms with Crippen molar-refractivity contribution in [2.45, 2.75) is 444 Å². The number of hydrogen-bond donors (Lipinski definition) is 2. The Kier molecular flexibility index (Phi) is 69.2. The van der Waals surface area contributed by atoms with Crippen LogP contribution in [0.2, 0.25) is 0 Å². The van der Waals surface area contributed by atoms with Crippen LogP contribution in [0.1, 0.15) is 437 Å². The van der Waals surface area contributed by atoms with E-state index in [0.717, 1.165) is 77.2 Å². The lowest BCUT2D eigenvalue weighted by atomic mass is 9.80. The smallest absolute Gasteiger partial charge is 0.233 e. The van der Waals surface area contributed by atoms with Gasteiger partial charge < -0.3 is 20.0 Å². The monoisotopic (exact) mass is 1590 g/mol. The standard InChI is InChI=1S/C16H27NO3.C15H25NO3.C11H22O.C10H21NO.C10H18O2.C9H16O2.C8H18O.C7H14O.C6H12O.2CH4/c1-5-6-7-8-12(18)9-10-17-14(19)11-13(15(17)20)16(2,3)4;1-5-6-7-11(17)8-9-16-13(18)10-12(14(16)19)15(2,3)4;1-5-6-7-8-9-10(12)11(2,3)4;1-5-6-7-11-9(12)8-10(2,3)4;1-8(11)6-5-7-9(12)10(2,3)4;1-7(10)5-6-8(11)9(2,3)4;1-5-6-7(9)8(2,3)4;1-5-6(8)7(2,3)4;1-5(7)6(2,3)4;;/h13H,5-11H2,1-4H3;12H,5-10H2,1-4H3;5-9H2,1-4H3;5-8H2,1-4H3,(H,11,12);5-7H2,1-4H3;5-6H2,1-4H3;7,9H,5-6H2,1-4H3;5H2,1-4H3;1-4H3;2*1H4. The quantitative estimate of drug-likeness (QED) is 0.0468. The molecule has 0 saturated carbocycles. The van der Waals surface area contributed by atoms with Crippen molar-refractivity contribution in [2.24, 2.45) is 60.6 Å². The van der Waals surface area contributed by atoms with Gasteiger partial charge in [0.05, 0.1) is 17.9 Å². The molecule has 112 heavy (non-hydrogen) atoms. The van der Waals surface area contributed by atoms with E-state index in [0.29, 0.717) is 82.2 Å². The predicted octanol–water partition coefficient (Wildman–Crippen LogP) is 22.8. The average molecular weight is 1590 g/mol. The SMILES string of the molecule is C.C.CC(=O)C(C)(C)C.CC(=O)CCC(=O)C(C)(C)C.CC(=O)CCCC(=O)C(C)(C)C.CCC(=O)C(C)(C)C.CCCC(O)C(C)(C)C.CCCCC(=O)CCN1C(=O)CC(C(C)(C)C)C1=O.CCCCCC(=O)CCN1C(=O)CC(C(C)(C)C)C1=O.CCCCCCC(=O)C(C)(C)C.CCCCNC(=O)CC(C)(C)C. The lowest BCUT2D eigenvalue weighted by Crippen LogP contribution is -2.35. The van der Waals surface area contributed by atoms with E-state index in [9.17, 15) is 72.2 Å². The van der Waals surface area contributed by atoms with Crippen molar-refractivity contribution >= 4 is 81.6 Å². The summed E-state index contributed by atoms with van der Waals surface area (Å²) in [6.45, 7) is 71.6. The lowest BCUT2D eigenvalue weighted by molar-refractivity contribution is -0.142. The van der Waals surface area contributed by atoms with Gasteiger partial charge in [0.25, 0.3) is 0 Å². The van der Waals surface area contributed by atoms with E-state index in [1.165, 1.54) is 36.0 Å². The maximum absolute atomic E-state index is 12.2.